The van der Waals surface area contributed by atoms with E-state index in [1.807, 2.05) is 38.4 Å². The Morgan fingerprint density at radius 3 is 2.58 bits per heavy atom. The summed E-state index contributed by atoms with van der Waals surface area (Å²) in [4.78, 5) is 14.6. The Hall–Kier alpha value is -2.33. The second kappa shape index (κ2) is 7.49. The first-order valence-electron chi connectivity index (χ1n) is 8.48. The van der Waals surface area contributed by atoms with Crippen LogP contribution >= 0.6 is 0 Å². The zero-order valence-electron chi connectivity index (χ0n) is 14.3. The lowest BCUT2D eigenvalue weighted by Gasteiger charge is -2.24. The van der Waals surface area contributed by atoms with E-state index in [0.29, 0.717) is 0 Å². The first-order chi connectivity index (χ1) is 11.6. The van der Waals surface area contributed by atoms with Crippen LogP contribution in [0, 0.1) is 0 Å². The van der Waals surface area contributed by atoms with Crippen molar-refractivity contribution in [2.75, 3.05) is 20.6 Å². The molecule has 0 bridgehead atoms. The average Bonchev–Trinajstić information content (AvgIpc) is 2.98. The van der Waals surface area contributed by atoms with Crippen LogP contribution in [-0.4, -0.2) is 31.6 Å². The molecule has 4 heteroatoms. The quantitative estimate of drug-likeness (QED) is 0.887. The Labute approximate surface area is 143 Å². The van der Waals surface area contributed by atoms with Gasteiger partial charge in [-0.25, -0.2) is 4.79 Å². The highest BCUT2D eigenvalue weighted by molar-refractivity contribution is 5.75. The maximum absolute atomic E-state index is 12.5. The van der Waals surface area contributed by atoms with Gasteiger partial charge in [0.1, 0.15) is 0 Å². The molecule has 0 heterocycles. The number of fused-ring (bicyclic) bond motifs is 1. The van der Waals surface area contributed by atoms with E-state index in [-0.39, 0.29) is 18.1 Å². The van der Waals surface area contributed by atoms with Gasteiger partial charge in [0, 0.05) is 6.54 Å². The highest BCUT2D eigenvalue weighted by atomic mass is 16.2. The highest BCUT2D eigenvalue weighted by Crippen LogP contribution is 2.30. The van der Waals surface area contributed by atoms with Gasteiger partial charge in [-0.05, 0) is 43.6 Å². The highest BCUT2D eigenvalue weighted by Gasteiger charge is 2.24. The molecule has 2 atom stereocenters. The summed E-state index contributed by atoms with van der Waals surface area (Å²) < 4.78 is 0. The summed E-state index contributed by atoms with van der Waals surface area (Å²) >= 11 is 0. The van der Waals surface area contributed by atoms with Crippen molar-refractivity contribution < 1.29 is 4.79 Å². The smallest absolute Gasteiger partial charge is 0.315 e. The van der Waals surface area contributed by atoms with E-state index < -0.39 is 0 Å². The van der Waals surface area contributed by atoms with E-state index in [1.165, 1.54) is 11.1 Å². The number of carbonyl (C=O) groups excluding carboxylic acids is 1. The predicted octanol–water partition coefficient (Wildman–Crippen LogP) is 3.28. The van der Waals surface area contributed by atoms with Crippen LogP contribution in [0.3, 0.4) is 0 Å². The summed E-state index contributed by atoms with van der Waals surface area (Å²) in [5.41, 5.74) is 3.71. The molecule has 1 aliphatic rings. The normalized spacial score (nSPS) is 17.4. The molecule has 3 rings (SSSR count). The molecular formula is C20H25N3O. The van der Waals surface area contributed by atoms with Crippen LogP contribution in [0.25, 0.3) is 0 Å². The maximum Gasteiger partial charge on any atom is 0.315 e. The zero-order chi connectivity index (χ0) is 16.9. The maximum atomic E-state index is 12.5. The van der Waals surface area contributed by atoms with E-state index in [0.717, 1.165) is 24.9 Å². The number of nitrogens with zero attached hydrogens (tertiary/aromatic N) is 1. The molecule has 126 valence electrons. The largest absolute Gasteiger partial charge is 0.331 e. The molecule has 2 N–H and O–H groups in total. The fourth-order valence-corrected chi connectivity index (χ4v) is 3.35. The fraction of sp³-hybridized carbons (Fsp3) is 0.350. The van der Waals surface area contributed by atoms with Crippen molar-refractivity contribution in [3.63, 3.8) is 0 Å². The standard InChI is InChI=1S/C20H25N3O/c1-23(2)14-19(16-9-4-3-5-10-16)22-20(24)21-18-13-12-15-8-6-7-11-17(15)18/h3-11,18-19H,12-14H2,1-2H3,(H2,21,22,24). The number of benzene rings is 2. The average molecular weight is 323 g/mol. The van der Waals surface area contributed by atoms with Crippen LogP contribution in [0.15, 0.2) is 54.6 Å². The van der Waals surface area contributed by atoms with Crippen LogP contribution < -0.4 is 10.6 Å². The Morgan fingerprint density at radius 2 is 1.83 bits per heavy atom. The third-order valence-corrected chi connectivity index (χ3v) is 4.49. The molecule has 4 nitrogen and oxygen atoms in total. The van der Waals surface area contributed by atoms with E-state index in [1.54, 1.807) is 0 Å². The molecule has 2 unspecified atom stereocenters. The molecule has 0 saturated heterocycles. The molecule has 0 saturated carbocycles. The third kappa shape index (κ3) is 3.95. The molecule has 0 fully saturated rings. The molecule has 2 aromatic carbocycles. The zero-order valence-corrected chi connectivity index (χ0v) is 14.3. The number of amides is 2. The Balaban J connectivity index is 1.66. The van der Waals surface area contributed by atoms with Crippen LogP contribution in [-0.2, 0) is 6.42 Å². The van der Waals surface area contributed by atoms with Crippen LogP contribution in [0.2, 0.25) is 0 Å². The Kier molecular flexibility index (Phi) is 5.16. The minimum atomic E-state index is -0.104. The number of nitrogens with one attached hydrogen (secondary N) is 2. The fourth-order valence-electron chi connectivity index (χ4n) is 3.35. The lowest BCUT2D eigenvalue weighted by molar-refractivity contribution is 0.229. The summed E-state index contributed by atoms with van der Waals surface area (Å²) in [7, 11) is 4.03. The molecule has 1 aliphatic carbocycles. The van der Waals surface area contributed by atoms with Gasteiger partial charge in [0.2, 0.25) is 0 Å². The number of carbonyl (C=O) groups is 1. The van der Waals surface area contributed by atoms with E-state index >= 15 is 0 Å². The number of aryl methyl sites for hydroxylation is 1. The second-order valence-electron chi connectivity index (χ2n) is 6.63. The van der Waals surface area contributed by atoms with Crippen LogP contribution in [0.1, 0.15) is 35.2 Å². The summed E-state index contributed by atoms with van der Waals surface area (Å²) in [6.07, 6.45) is 2.00. The number of hydrogen-bond donors (Lipinski definition) is 2. The number of likely N-dealkylation sites (N-methyl/N-ethyl adjacent to an activating group) is 1. The van der Waals surface area contributed by atoms with Gasteiger partial charge in [-0.2, -0.15) is 0 Å². The minimum absolute atomic E-state index is 0.0298. The lowest BCUT2D eigenvalue weighted by Crippen LogP contribution is -2.42. The summed E-state index contributed by atoms with van der Waals surface area (Å²) in [6.45, 7) is 0.763. The molecular weight excluding hydrogens is 298 g/mol. The van der Waals surface area contributed by atoms with Gasteiger partial charge >= 0.3 is 6.03 Å². The number of hydrogen-bond acceptors (Lipinski definition) is 2. The minimum Gasteiger partial charge on any atom is -0.331 e. The topological polar surface area (TPSA) is 44.4 Å². The summed E-state index contributed by atoms with van der Waals surface area (Å²) in [5.74, 6) is 0. The van der Waals surface area contributed by atoms with Crippen molar-refractivity contribution >= 4 is 6.03 Å². The van der Waals surface area contributed by atoms with Crippen molar-refractivity contribution in [3.05, 3.63) is 71.3 Å². The number of rotatable bonds is 5. The van der Waals surface area contributed by atoms with Crippen molar-refractivity contribution in [3.8, 4) is 0 Å². The van der Waals surface area contributed by atoms with Crippen molar-refractivity contribution in [2.24, 2.45) is 0 Å². The van der Waals surface area contributed by atoms with Gasteiger partial charge in [0.15, 0.2) is 0 Å². The van der Waals surface area contributed by atoms with Crippen molar-refractivity contribution in [1.29, 1.82) is 0 Å². The Bertz CT molecular complexity index is 684. The van der Waals surface area contributed by atoms with Gasteiger partial charge < -0.3 is 15.5 Å². The molecule has 2 amide bonds. The molecule has 0 aliphatic heterocycles. The van der Waals surface area contributed by atoms with E-state index in [4.69, 9.17) is 0 Å². The number of urea groups is 1. The predicted molar refractivity (Wildman–Crippen MR) is 96.9 cm³/mol. The molecule has 0 radical (unpaired) electrons. The van der Waals surface area contributed by atoms with Crippen molar-refractivity contribution in [2.45, 2.75) is 24.9 Å². The molecule has 0 aromatic heterocycles. The monoisotopic (exact) mass is 323 g/mol. The van der Waals surface area contributed by atoms with Crippen LogP contribution in [0.5, 0.6) is 0 Å². The van der Waals surface area contributed by atoms with Gasteiger partial charge in [-0.3, -0.25) is 0 Å². The second-order valence-corrected chi connectivity index (χ2v) is 6.63. The van der Waals surface area contributed by atoms with E-state index in [2.05, 4.69) is 45.9 Å². The van der Waals surface area contributed by atoms with Gasteiger partial charge in [0.25, 0.3) is 0 Å². The van der Waals surface area contributed by atoms with Gasteiger partial charge in [0.05, 0.1) is 12.1 Å². The lowest BCUT2D eigenvalue weighted by atomic mass is 10.1. The summed E-state index contributed by atoms with van der Waals surface area (Å²) in [6, 6.07) is 18.4. The van der Waals surface area contributed by atoms with Crippen LogP contribution in [0.4, 0.5) is 4.79 Å². The Morgan fingerprint density at radius 1 is 1.12 bits per heavy atom. The molecule has 0 spiro atoms. The first kappa shape index (κ1) is 16.5. The van der Waals surface area contributed by atoms with Crippen molar-refractivity contribution in [1.82, 2.24) is 15.5 Å². The first-order valence-corrected chi connectivity index (χ1v) is 8.48. The third-order valence-electron chi connectivity index (χ3n) is 4.49. The molecule has 24 heavy (non-hydrogen) atoms. The van der Waals surface area contributed by atoms with Gasteiger partial charge in [-0.15, -0.1) is 0 Å². The molecule has 2 aromatic rings. The van der Waals surface area contributed by atoms with E-state index in [9.17, 15) is 4.79 Å². The van der Waals surface area contributed by atoms with Gasteiger partial charge in [-0.1, -0.05) is 54.6 Å². The summed E-state index contributed by atoms with van der Waals surface area (Å²) in [5, 5.41) is 6.27. The SMILES string of the molecule is CN(C)CC(NC(=O)NC1CCc2ccccc21)c1ccccc1.